The summed E-state index contributed by atoms with van der Waals surface area (Å²) in [7, 11) is 0. The second kappa shape index (κ2) is 7.25. The van der Waals surface area contributed by atoms with Crippen LogP contribution in [-0.2, 0) is 16.0 Å². The molecular formula is C19H20N2O4. The Morgan fingerprint density at radius 2 is 2.04 bits per heavy atom. The number of aromatic hydroxyl groups is 1. The van der Waals surface area contributed by atoms with Crippen LogP contribution in [0.2, 0.25) is 0 Å². The molecule has 0 saturated carbocycles. The fourth-order valence-corrected chi connectivity index (χ4v) is 3.07. The minimum Gasteiger partial charge on any atom is -0.508 e. The molecule has 4 N–H and O–H groups in total. The van der Waals surface area contributed by atoms with Crippen molar-refractivity contribution in [3.05, 3.63) is 59.2 Å². The SMILES string of the molecule is Nc1ccc(O)cc1C(=O)OCC(=O)NC1CCCc2ccccc21. The van der Waals surface area contributed by atoms with Crippen molar-refractivity contribution in [1.82, 2.24) is 5.32 Å². The van der Waals surface area contributed by atoms with Crippen molar-refractivity contribution in [1.29, 1.82) is 0 Å². The maximum absolute atomic E-state index is 12.1. The number of carbonyl (C=O) groups is 2. The summed E-state index contributed by atoms with van der Waals surface area (Å²) in [6, 6.07) is 12.0. The van der Waals surface area contributed by atoms with E-state index in [1.54, 1.807) is 0 Å². The Labute approximate surface area is 145 Å². The van der Waals surface area contributed by atoms with Crippen LogP contribution in [0, 0.1) is 0 Å². The molecular weight excluding hydrogens is 320 g/mol. The lowest BCUT2D eigenvalue weighted by atomic mass is 9.88. The van der Waals surface area contributed by atoms with E-state index in [0.29, 0.717) is 0 Å². The number of phenolic OH excluding ortho intramolecular Hbond substituents is 1. The second-order valence-corrected chi connectivity index (χ2v) is 6.06. The van der Waals surface area contributed by atoms with Gasteiger partial charge in [-0.2, -0.15) is 0 Å². The van der Waals surface area contributed by atoms with E-state index in [9.17, 15) is 14.7 Å². The van der Waals surface area contributed by atoms with Crippen molar-refractivity contribution in [2.24, 2.45) is 0 Å². The van der Waals surface area contributed by atoms with E-state index in [1.807, 2.05) is 18.2 Å². The van der Waals surface area contributed by atoms with Crippen molar-refractivity contribution in [2.75, 3.05) is 12.3 Å². The molecule has 130 valence electrons. The summed E-state index contributed by atoms with van der Waals surface area (Å²) in [5, 5.41) is 12.3. The Bertz CT molecular complexity index is 804. The zero-order valence-electron chi connectivity index (χ0n) is 13.7. The Morgan fingerprint density at radius 3 is 2.88 bits per heavy atom. The van der Waals surface area contributed by atoms with Crippen molar-refractivity contribution < 1.29 is 19.4 Å². The van der Waals surface area contributed by atoms with Gasteiger partial charge in [-0.05, 0) is 48.6 Å². The number of nitrogens with one attached hydrogen (secondary N) is 1. The van der Waals surface area contributed by atoms with E-state index in [4.69, 9.17) is 10.5 Å². The molecule has 0 spiro atoms. The fourth-order valence-electron chi connectivity index (χ4n) is 3.07. The van der Waals surface area contributed by atoms with Gasteiger partial charge in [0, 0.05) is 5.69 Å². The van der Waals surface area contributed by atoms with Crippen LogP contribution < -0.4 is 11.1 Å². The van der Waals surface area contributed by atoms with Crippen molar-refractivity contribution in [2.45, 2.75) is 25.3 Å². The number of carbonyl (C=O) groups excluding carboxylic acids is 2. The van der Waals surface area contributed by atoms with Gasteiger partial charge in [0.2, 0.25) is 0 Å². The van der Waals surface area contributed by atoms with Gasteiger partial charge in [0.25, 0.3) is 5.91 Å². The summed E-state index contributed by atoms with van der Waals surface area (Å²) in [4.78, 5) is 24.2. The predicted molar refractivity (Wildman–Crippen MR) is 93.1 cm³/mol. The molecule has 0 saturated heterocycles. The third kappa shape index (κ3) is 3.91. The molecule has 1 aliphatic carbocycles. The number of nitrogens with two attached hydrogens (primary N) is 1. The smallest absolute Gasteiger partial charge is 0.340 e. The topological polar surface area (TPSA) is 102 Å². The maximum atomic E-state index is 12.1. The Morgan fingerprint density at radius 1 is 1.24 bits per heavy atom. The van der Waals surface area contributed by atoms with Crippen LogP contribution >= 0.6 is 0 Å². The van der Waals surface area contributed by atoms with Gasteiger partial charge < -0.3 is 20.9 Å². The van der Waals surface area contributed by atoms with Gasteiger partial charge in [-0.15, -0.1) is 0 Å². The zero-order valence-corrected chi connectivity index (χ0v) is 13.7. The van der Waals surface area contributed by atoms with Gasteiger partial charge in [-0.1, -0.05) is 24.3 Å². The highest BCUT2D eigenvalue weighted by molar-refractivity contribution is 5.96. The number of hydrogen-bond donors (Lipinski definition) is 3. The third-order valence-electron chi connectivity index (χ3n) is 4.30. The number of benzene rings is 2. The molecule has 3 rings (SSSR count). The maximum Gasteiger partial charge on any atom is 0.340 e. The molecule has 1 atom stereocenters. The molecule has 1 aliphatic rings. The minimum absolute atomic E-state index is 0.0378. The van der Waals surface area contributed by atoms with Crippen LogP contribution in [-0.4, -0.2) is 23.6 Å². The van der Waals surface area contributed by atoms with Crippen LogP contribution in [0.25, 0.3) is 0 Å². The van der Waals surface area contributed by atoms with Crippen LogP contribution in [0.15, 0.2) is 42.5 Å². The number of phenols is 1. The number of esters is 1. The lowest BCUT2D eigenvalue weighted by Crippen LogP contribution is -2.34. The minimum atomic E-state index is -0.743. The lowest BCUT2D eigenvalue weighted by molar-refractivity contribution is -0.125. The number of rotatable bonds is 4. The molecule has 0 aliphatic heterocycles. The molecule has 25 heavy (non-hydrogen) atoms. The largest absolute Gasteiger partial charge is 0.508 e. The van der Waals surface area contributed by atoms with Crippen LogP contribution in [0.1, 0.15) is 40.4 Å². The summed E-state index contributed by atoms with van der Waals surface area (Å²) in [6.45, 7) is -0.396. The fraction of sp³-hybridized carbons (Fsp3) is 0.263. The molecule has 6 nitrogen and oxygen atoms in total. The van der Waals surface area contributed by atoms with Gasteiger partial charge in [0.1, 0.15) is 5.75 Å². The molecule has 0 heterocycles. The molecule has 2 aromatic rings. The Balaban J connectivity index is 1.59. The molecule has 1 unspecified atom stereocenters. The van der Waals surface area contributed by atoms with Gasteiger partial charge in [0.05, 0.1) is 11.6 Å². The summed E-state index contributed by atoms with van der Waals surface area (Å²) >= 11 is 0. The van der Waals surface area contributed by atoms with E-state index >= 15 is 0 Å². The third-order valence-corrected chi connectivity index (χ3v) is 4.30. The molecule has 0 bridgehead atoms. The average Bonchev–Trinajstić information content (AvgIpc) is 2.62. The molecule has 1 amide bonds. The highest BCUT2D eigenvalue weighted by Gasteiger charge is 2.22. The quantitative estimate of drug-likeness (QED) is 0.450. The van der Waals surface area contributed by atoms with Crippen LogP contribution in [0.3, 0.4) is 0 Å². The number of hydrogen-bond acceptors (Lipinski definition) is 5. The van der Waals surface area contributed by atoms with Gasteiger partial charge in [0.15, 0.2) is 6.61 Å². The first-order valence-electron chi connectivity index (χ1n) is 8.17. The zero-order chi connectivity index (χ0) is 17.8. The molecule has 6 heteroatoms. The first kappa shape index (κ1) is 16.8. The average molecular weight is 340 g/mol. The van der Waals surface area contributed by atoms with E-state index in [0.717, 1.165) is 24.8 Å². The standard InChI is InChI=1S/C19H20N2O4/c20-16-9-8-13(22)10-15(16)19(24)25-11-18(23)21-17-7-3-5-12-4-1-2-6-14(12)17/h1-2,4,6,8-10,17,22H,3,5,7,11,20H2,(H,21,23). The van der Waals surface area contributed by atoms with E-state index in [2.05, 4.69) is 11.4 Å². The number of nitrogen functional groups attached to an aromatic ring is 1. The van der Waals surface area contributed by atoms with E-state index in [-0.39, 0.29) is 28.9 Å². The monoisotopic (exact) mass is 340 g/mol. The highest BCUT2D eigenvalue weighted by atomic mass is 16.5. The Hall–Kier alpha value is -3.02. The number of fused-ring (bicyclic) bond motifs is 1. The van der Waals surface area contributed by atoms with E-state index < -0.39 is 12.6 Å². The summed E-state index contributed by atoms with van der Waals surface area (Å²) < 4.78 is 5.01. The van der Waals surface area contributed by atoms with Crippen LogP contribution in [0.4, 0.5) is 5.69 Å². The van der Waals surface area contributed by atoms with Gasteiger partial charge in [-0.25, -0.2) is 4.79 Å². The first-order valence-corrected chi connectivity index (χ1v) is 8.17. The number of aryl methyl sites for hydroxylation is 1. The van der Waals surface area contributed by atoms with Crippen molar-refractivity contribution in [3.63, 3.8) is 0 Å². The molecule has 0 aromatic heterocycles. The summed E-state index contributed by atoms with van der Waals surface area (Å²) in [5.74, 6) is -1.20. The van der Waals surface area contributed by atoms with Gasteiger partial charge in [-0.3, -0.25) is 4.79 Å². The molecule has 2 aromatic carbocycles. The molecule has 0 radical (unpaired) electrons. The van der Waals surface area contributed by atoms with Gasteiger partial charge >= 0.3 is 5.97 Å². The number of amides is 1. The normalized spacial score (nSPS) is 15.9. The van der Waals surface area contributed by atoms with E-state index in [1.165, 1.54) is 23.8 Å². The van der Waals surface area contributed by atoms with Crippen molar-refractivity contribution in [3.8, 4) is 5.75 Å². The number of ether oxygens (including phenoxy) is 1. The second-order valence-electron chi connectivity index (χ2n) is 6.06. The Kier molecular flexibility index (Phi) is 4.88. The lowest BCUT2D eigenvalue weighted by Gasteiger charge is -2.26. The predicted octanol–water partition coefficient (Wildman–Crippen LogP) is 2.33. The van der Waals surface area contributed by atoms with Crippen molar-refractivity contribution >= 4 is 17.6 Å². The number of anilines is 1. The van der Waals surface area contributed by atoms with Crippen LogP contribution in [0.5, 0.6) is 5.75 Å². The summed E-state index contributed by atoms with van der Waals surface area (Å²) in [5.41, 5.74) is 8.26. The highest BCUT2D eigenvalue weighted by Crippen LogP contribution is 2.29. The first-order chi connectivity index (χ1) is 12.0. The summed E-state index contributed by atoms with van der Waals surface area (Å²) in [6.07, 6.45) is 2.87. The molecule has 0 fully saturated rings.